The quantitative estimate of drug-likeness (QED) is 0.738. The molecule has 1 aromatic heterocycles. The van der Waals surface area contributed by atoms with Gasteiger partial charge in [0.1, 0.15) is 11.6 Å². The molecule has 0 aliphatic rings. The second-order valence-electron chi connectivity index (χ2n) is 4.52. The lowest BCUT2D eigenvalue weighted by molar-refractivity contribution is 0.414. The van der Waals surface area contributed by atoms with Crippen molar-refractivity contribution in [3.63, 3.8) is 0 Å². The zero-order valence-electron chi connectivity index (χ0n) is 12.2. The molecule has 1 aromatic carbocycles. The number of nitrogens with one attached hydrogen (secondary N) is 1. The zero-order valence-corrected chi connectivity index (χ0v) is 13.8. The first-order valence-electron chi connectivity index (χ1n) is 6.89. The molecule has 0 bridgehead atoms. The van der Waals surface area contributed by atoms with E-state index in [1.165, 1.54) is 4.90 Å². The number of benzene rings is 1. The molecule has 21 heavy (non-hydrogen) atoms. The average molecular weight is 323 g/mol. The molecule has 0 radical (unpaired) electrons. The van der Waals surface area contributed by atoms with Crippen LogP contribution in [0.1, 0.15) is 19.0 Å². The van der Waals surface area contributed by atoms with Crippen molar-refractivity contribution in [2.45, 2.75) is 24.0 Å². The number of nitrogens with zero attached hydrogens (tertiary/aromatic N) is 1. The van der Waals surface area contributed by atoms with Crippen LogP contribution in [0, 0.1) is 0 Å². The first-order chi connectivity index (χ1) is 10.2. The molecule has 0 aliphatic carbocycles. The predicted molar refractivity (Wildman–Crippen MR) is 90.6 cm³/mol. The maximum absolute atomic E-state index is 6.22. The van der Waals surface area contributed by atoms with Crippen LogP contribution in [0.15, 0.2) is 41.3 Å². The molecule has 1 N–H and O–H groups in total. The number of rotatable bonds is 7. The summed E-state index contributed by atoms with van der Waals surface area (Å²) in [6, 6.07) is 11.8. The molecule has 0 spiro atoms. The van der Waals surface area contributed by atoms with Crippen molar-refractivity contribution in [2.24, 2.45) is 0 Å². The van der Waals surface area contributed by atoms with Gasteiger partial charge in [-0.3, -0.25) is 0 Å². The highest BCUT2D eigenvalue weighted by Gasteiger charge is 2.05. The molecule has 0 saturated heterocycles. The number of thioether (sulfide) groups is 1. The van der Waals surface area contributed by atoms with Gasteiger partial charge in [-0.25, -0.2) is 4.98 Å². The molecule has 0 unspecified atom stereocenters. The Kier molecular flexibility index (Phi) is 6.21. The zero-order chi connectivity index (χ0) is 15.1. The second-order valence-corrected chi connectivity index (χ2v) is 5.97. The number of pyridine rings is 1. The van der Waals surface area contributed by atoms with Gasteiger partial charge in [0, 0.05) is 17.2 Å². The fourth-order valence-electron chi connectivity index (χ4n) is 1.76. The standard InChI is InChI=1S/C16H19ClN2OS/c1-3-10-18-16-9-8-14(17)15(19-16)11-21-13-6-4-12(20-2)5-7-13/h4-9H,3,10-11H2,1-2H3,(H,18,19). The number of aromatic nitrogens is 1. The van der Waals surface area contributed by atoms with Crippen LogP contribution in [0.5, 0.6) is 5.75 Å². The molecule has 5 heteroatoms. The van der Waals surface area contributed by atoms with E-state index in [1.54, 1.807) is 18.9 Å². The normalized spacial score (nSPS) is 10.4. The Labute approximate surface area is 135 Å². The summed E-state index contributed by atoms with van der Waals surface area (Å²) in [4.78, 5) is 5.74. The Balaban J connectivity index is 2.00. The Morgan fingerprint density at radius 3 is 2.62 bits per heavy atom. The molecule has 0 amide bonds. The summed E-state index contributed by atoms with van der Waals surface area (Å²) in [5, 5.41) is 3.99. The molecule has 112 valence electrons. The molecule has 1 heterocycles. The van der Waals surface area contributed by atoms with Crippen molar-refractivity contribution in [1.29, 1.82) is 0 Å². The highest BCUT2D eigenvalue weighted by molar-refractivity contribution is 7.98. The van der Waals surface area contributed by atoms with E-state index in [-0.39, 0.29) is 0 Å². The minimum atomic E-state index is 0.707. The van der Waals surface area contributed by atoms with Crippen molar-refractivity contribution >= 4 is 29.2 Å². The Hall–Kier alpha value is -1.39. The van der Waals surface area contributed by atoms with Gasteiger partial charge in [-0.1, -0.05) is 18.5 Å². The summed E-state index contributed by atoms with van der Waals surface area (Å²) in [5.74, 6) is 2.49. The van der Waals surface area contributed by atoms with Crippen LogP contribution in [0.25, 0.3) is 0 Å². The van der Waals surface area contributed by atoms with Crippen molar-refractivity contribution in [1.82, 2.24) is 4.98 Å². The van der Waals surface area contributed by atoms with Gasteiger partial charge in [0.25, 0.3) is 0 Å². The van der Waals surface area contributed by atoms with Crippen molar-refractivity contribution in [2.75, 3.05) is 19.0 Å². The monoisotopic (exact) mass is 322 g/mol. The highest BCUT2D eigenvalue weighted by Crippen LogP contribution is 2.27. The van der Waals surface area contributed by atoms with Crippen LogP contribution in [0.2, 0.25) is 5.02 Å². The molecule has 2 rings (SSSR count). The van der Waals surface area contributed by atoms with E-state index in [0.717, 1.165) is 36.0 Å². The third-order valence-corrected chi connectivity index (χ3v) is 4.28. The van der Waals surface area contributed by atoms with Crippen molar-refractivity contribution in [3.8, 4) is 5.75 Å². The van der Waals surface area contributed by atoms with Crippen LogP contribution < -0.4 is 10.1 Å². The van der Waals surface area contributed by atoms with E-state index in [4.69, 9.17) is 16.3 Å². The lowest BCUT2D eigenvalue weighted by Gasteiger charge is -2.08. The fraction of sp³-hybridized carbons (Fsp3) is 0.312. The van der Waals surface area contributed by atoms with Gasteiger partial charge < -0.3 is 10.1 Å². The third-order valence-electron chi connectivity index (χ3n) is 2.91. The van der Waals surface area contributed by atoms with Crippen LogP contribution in [0.4, 0.5) is 5.82 Å². The summed E-state index contributed by atoms with van der Waals surface area (Å²) >= 11 is 7.93. The average Bonchev–Trinajstić information content (AvgIpc) is 2.53. The van der Waals surface area contributed by atoms with Crippen molar-refractivity contribution in [3.05, 3.63) is 47.1 Å². The Morgan fingerprint density at radius 1 is 1.19 bits per heavy atom. The van der Waals surface area contributed by atoms with Gasteiger partial charge in [-0.05, 0) is 42.8 Å². The van der Waals surface area contributed by atoms with Gasteiger partial charge in [-0.15, -0.1) is 11.8 Å². The fourth-order valence-corrected chi connectivity index (χ4v) is 2.86. The van der Waals surface area contributed by atoms with Gasteiger partial charge in [-0.2, -0.15) is 0 Å². The molecule has 2 aromatic rings. The molecule has 0 atom stereocenters. The van der Waals surface area contributed by atoms with Crippen molar-refractivity contribution < 1.29 is 4.74 Å². The lowest BCUT2D eigenvalue weighted by Crippen LogP contribution is -2.03. The topological polar surface area (TPSA) is 34.1 Å². The number of methoxy groups -OCH3 is 1. The van der Waals surface area contributed by atoms with Gasteiger partial charge >= 0.3 is 0 Å². The van der Waals surface area contributed by atoms with Crippen LogP contribution >= 0.6 is 23.4 Å². The molecular weight excluding hydrogens is 304 g/mol. The molecule has 3 nitrogen and oxygen atoms in total. The van der Waals surface area contributed by atoms with E-state index in [0.29, 0.717) is 5.02 Å². The third kappa shape index (κ3) is 4.83. The Morgan fingerprint density at radius 2 is 1.95 bits per heavy atom. The minimum Gasteiger partial charge on any atom is -0.497 e. The number of halogens is 1. The molecule has 0 aliphatic heterocycles. The maximum atomic E-state index is 6.22. The van der Waals surface area contributed by atoms with Crippen LogP contribution in [0.3, 0.4) is 0 Å². The summed E-state index contributed by atoms with van der Waals surface area (Å²) < 4.78 is 5.15. The largest absolute Gasteiger partial charge is 0.497 e. The Bertz CT molecular complexity index is 575. The predicted octanol–water partition coefficient (Wildman–Crippen LogP) is 4.86. The molecule has 0 fully saturated rings. The second kappa shape index (κ2) is 8.15. The number of ether oxygens (including phenoxy) is 1. The number of anilines is 1. The van der Waals surface area contributed by atoms with Crippen LogP contribution in [-0.2, 0) is 5.75 Å². The SMILES string of the molecule is CCCNc1ccc(Cl)c(CSc2ccc(OC)cc2)n1. The number of hydrogen-bond acceptors (Lipinski definition) is 4. The maximum Gasteiger partial charge on any atom is 0.126 e. The van der Waals surface area contributed by atoms with E-state index in [9.17, 15) is 0 Å². The number of hydrogen-bond donors (Lipinski definition) is 1. The van der Waals surface area contributed by atoms with E-state index in [2.05, 4.69) is 17.2 Å². The first kappa shape index (κ1) is 16.0. The lowest BCUT2D eigenvalue weighted by atomic mass is 10.3. The summed E-state index contributed by atoms with van der Waals surface area (Å²) in [6.07, 6.45) is 1.07. The minimum absolute atomic E-state index is 0.707. The van der Waals surface area contributed by atoms with Gasteiger partial charge in [0.15, 0.2) is 0 Å². The van der Waals surface area contributed by atoms with Gasteiger partial charge in [0.05, 0.1) is 17.8 Å². The van der Waals surface area contributed by atoms with E-state index < -0.39 is 0 Å². The van der Waals surface area contributed by atoms with Crippen LogP contribution in [-0.4, -0.2) is 18.6 Å². The first-order valence-corrected chi connectivity index (χ1v) is 8.25. The van der Waals surface area contributed by atoms with E-state index in [1.807, 2.05) is 36.4 Å². The van der Waals surface area contributed by atoms with E-state index >= 15 is 0 Å². The summed E-state index contributed by atoms with van der Waals surface area (Å²) in [5.41, 5.74) is 0.901. The molecule has 0 saturated carbocycles. The van der Waals surface area contributed by atoms with Gasteiger partial charge in [0.2, 0.25) is 0 Å². The summed E-state index contributed by atoms with van der Waals surface area (Å²) in [7, 11) is 1.67. The molecular formula is C16H19ClN2OS. The smallest absolute Gasteiger partial charge is 0.126 e. The summed E-state index contributed by atoms with van der Waals surface area (Å²) in [6.45, 7) is 3.04. The highest BCUT2D eigenvalue weighted by atomic mass is 35.5.